The van der Waals surface area contributed by atoms with Gasteiger partial charge < -0.3 is 14.8 Å². The van der Waals surface area contributed by atoms with E-state index in [1.54, 1.807) is 54.4 Å². The smallest absolute Gasteiger partial charge is 0.253 e. The molecular weight excluding hydrogens is 663 g/mol. The zero-order valence-corrected chi connectivity index (χ0v) is 27.6. The van der Waals surface area contributed by atoms with E-state index in [1.807, 2.05) is 35.7 Å². The number of methoxy groups -OCH3 is 2. The summed E-state index contributed by atoms with van der Waals surface area (Å²) in [5, 5.41) is 20.6. The van der Waals surface area contributed by atoms with Crippen molar-refractivity contribution in [2.45, 2.75) is 24.2 Å². The van der Waals surface area contributed by atoms with E-state index in [-0.39, 0.29) is 23.8 Å². The molecule has 0 spiro atoms. The number of aromatic nitrogens is 3. The third-order valence-corrected chi connectivity index (χ3v) is 9.42. The number of halogens is 2. The zero-order chi connectivity index (χ0) is 32.9. The molecule has 10 nitrogen and oxygen atoms in total. The van der Waals surface area contributed by atoms with Gasteiger partial charge in [-0.1, -0.05) is 53.7 Å². The molecule has 1 aliphatic heterocycles. The van der Waals surface area contributed by atoms with Crippen molar-refractivity contribution in [3.05, 3.63) is 117 Å². The second-order valence-electron chi connectivity index (χ2n) is 10.3. The van der Waals surface area contributed by atoms with Gasteiger partial charge in [0.15, 0.2) is 22.5 Å². The predicted octanol–water partition coefficient (Wildman–Crippen LogP) is 6.54. The van der Waals surface area contributed by atoms with Gasteiger partial charge in [-0.25, -0.2) is 9.40 Å². The van der Waals surface area contributed by atoms with Crippen LogP contribution in [-0.4, -0.2) is 57.3 Å². The Labute approximate surface area is 283 Å². The van der Waals surface area contributed by atoms with Gasteiger partial charge >= 0.3 is 0 Å². The molecule has 1 N–H and O–H groups in total. The molecule has 240 valence electrons. The Balaban J connectivity index is 1.27. The molecule has 0 aliphatic carbocycles. The molecule has 3 aromatic carbocycles. The highest BCUT2D eigenvalue weighted by atomic mass is 35.5. The van der Waals surface area contributed by atoms with Crippen molar-refractivity contribution in [2.24, 2.45) is 5.10 Å². The van der Waals surface area contributed by atoms with Crippen molar-refractivity contribution in [1.82, 2.24) is 25.1 Å². The first kappa shape index (κ1) is 32.2. The highest BCUT2D eigenvalue weighted by Gasteiger charge is 2.36. The monoisotopic (exact) mass is 690 g/mol. The number of nitrogens with zero attached hydrogens (tertiary/aromatic N) is 5. The summed E-state index contributed by atoms with van der Waals surface area (Å²) in [7, 11) is 3.14. The minimum atomic E-state index is -0.514. The molecule has 6 rings (SSSR count). The Morgan fingerprint density at radius 1 is 1.04 bits per heavy atom. The Morgan fingerprint density at radius 3 is 2.62 bits per heavy atom. The van der Waals surface area contributed by atoms with E-state index < -0.39 is 17.8 Å². The SMILES string of the molecule is COc1cccc([C@H]2CC(c3cccs3)=NN2C(=O)CSc2nnc(CNC(=O)c3cccc(F)c3)n2-c2cccc(Cl)c2)c1OC. The summed E-state index contributed by atoms with van der Waals surface area (Å²) in [6, 6.07) is 21.6. The number of amides is 2. The number of benzene rings is 3. The van der Waals surface area contributed by atoms with E-state index in [0.717, 1.165) is 22.2 Å². The second-order valence-corrected chi connectivity index (χ2v) is 12.6. The lowest BCUT2D eigenvalue weighted by Gasteiger charge is -2.24. The van der Waals surface area contributed by atoms with Crippen molar-refractivity contribution in [3.8, 4) is 17.2 Å². The fraction of sp³-hybridized carbons (Fsp3) is 0.182. The summed E-state index contributed by atoms with van der Waals surface area (Å²) >= 11 is 9.06. The molecule has 5 aromatic rings. The first-order valence-corrected chi connectivity index (χ1v) is 16.6. The van der Waals surface area contributed by atoms with Gasteiger partial charge in [-0.2, -0.15) is 5.10 Å². The topological polar surface area (TPSA) is 111 Å². The van der Waals surface area contributed by atoms with Gasteiger partial charge in [0.1, 0.15) is 5.82 Å². The van der Waals surface area contributed by atoms with Gasteiger partial charge in [-0.05, 0) is 53.9 Å². The maximum absolute atomic E-state index is 13.9. The van der Waals surface area contributed by atoms with Crippen molar-refractivity contribution < 1.29 is 23.5 Å². The summed E-state index contributed by atoms with van der Waals surface area (Å²) in [5.41, 5.74) is 2.39. The number of rotatable bonds is 11. The van der Waals surface area contributed by atoms with Gasteiger partial charge in [0.2, 0.25) is 0 Å². The number of thioether (sulfide) groups is 1. The molecule has 1 aliphatic rings. The van der Waals surface area contributed by atoms with E-state index in [4.69, 9.17) is 26.2 Å². The van der Waals surface area contributed by atoms with Crippen LogP contribution in [0.4, 0.5) is 4.39 Å². The van der Waals surface area contributed by atoms with Crippen LogP contribution in [0.3, 0.4) is 0 Å². The summed E-state index contributed by atoms with van der Waals surface area (Å²) in [6.45, 7) is -0.0122. The second kappa shape index (κ2) is 14.4. The van der Waals surface area contributed by atoms with Gasteiger partial charge in [0.25, 0.3) is 11.8 Å². The molecule has 0 unspecified atom stereocenters. The number of hydrazone groups is 1. The molecule has 3 heterocycles. The maximum atomic E-state index is 13.9. The fourth-order valence-electron chi connectivity index (χ4n) is 5.21. The molecule has 0 fully saturated rings. The highest BCUT2D eigenvalue weighted by Crippen LogP contribution is 2.42. The number of hydrogen-bond donors (Lipinski definition) is 1. The highest BCUT2D eigenvalue weighted by molar-refractivity contribution is 7.99. The number of carbonyl (C=O) groups is 2. The van der Waals surface area contributed by atoms with E-state index in [9.17, 15) is 14.0 Å². The zero-order valence-electron chi connectivity index (χ0n) is 25.2. The first-order valence-electron chi connectivity index (χ1n) is 14.4. The van der Waals surface area contributed by atoms with Crippen molar-refractivity contribution in [2.75, 3.05) is 20.0 Å². The van der Waals surface area contributed by atoms with E-state index in [1.165, 1.54) is 35.0 Å². The number of carbonyl (C=O) groups excluding carboxylic acids is 2. The lowest BCUT2D eigenvalue weighted by Crippen LogP contribution is -2.29. The van der Waals surface area contributed by atoms with Crippen LogP contribution in [-0.2, 0) is 11.3 Å². The lowest BCUT2D eigenvalue weighted by atomic mass is 9.99. The maximum Gasteiger partial charge on any atom is 0.253 e. The van der Waals surface area contributed by atoms with Crippen molar-refractivity contribution in [3.63, 3.8) is 0 Å². The van der Waals surface area contributed by atoms with Crippen LogP contribution < -0.4 is 14.8 Å². The molecule has 0 saturated heterocycles. The van der Waals surface area contributed by atoms with Crippen LogP contribution in [0.2, 0.25) is 5.02 Å². The average Bonchev–Trinajstić information content (AvgIpc) is 3.86. The normalized spacial score (nSPS) is 14.2. The Hall–Kier alpha value is -4.72. The number of nitrogens with one attached hydrogen (secondary N) is 1. The first-order chi connectivity index (χ1) is 22.9. The van der Waals surface area contributed by atoms with E-state index in [0.29, 0.717) is 39.6 Å². The van der Waals surface area contributed by atoms with Crippen LogP contribution in [0.15, 0.2) is 94.5 Å². The quantitative estimate of drug-likeness (QED) is 0.157. The third-order valence-electron chi connectivity index (χ3n) is 7.35. The van der Waals surface area contributed by atoms with Crippen LogP contribution in [0, 0.1) is 5.82 Å². The fourth-order valence-corrected chi connectivity index (χ4v) is 6.94. The summed E-state index contributed by atoms with van der Waals surface area (Å²) in [6.07, 6.45) is 0.494. The van der Waals surface area contributed by atoms with Gasteiger partial charge in [0.05, 0.1) is 48.8 Å². The Morgan fingerprint density at radius 2 is 1.87 bits per heavy atom. The lowest BCUT2D eigenvalue weighted by molar-refractivity contribution is -0.130. The summed E-state index contributed by atoms with van der Waals surface area (Å²) in [4.78, 5) is 27.7. The van der Waals surface area contributed by atoms with Gasteiger partial charge in [0, 0.05) is 22.6 Å². The van der Waals surface area contributed by atoms with Crippen molar-refractivity contribution in [1.29, 1.82) is 0 Å². The average molecular weight is 691 g/mol. The molecule has 47 heavy (non-hydrogen) atoms. The molecule has 1 atom stereocenters. The number of hydrogen-bond acceptors (Lipinski definition) is 9. The molecule has 2 amide bonds. The predicted molar refractivity (Wildman–Crippen MR) is 179 cm³/mol. The summed E-state index contributed by atoms with van der Waals surface area (Å²) in [5.74, 6) is 0.241. The molecule has 2 aromatic heterocycles. The molecule has 14 heteroatoms. The van der Waals surface area contributed by atoms with Crippen LogP contribution in [0.5, 0.6) is 11.5 Å². The van der Waals surface area contributed by atoms with Gasteiger partial charge in [-0.3, -0.25) is 14.2 Å². The molecule has 0 radical (unpaired) electrons. The Kier molecular flexibility index (Phi) is 9.85. The third kappa shape index (κ3) is 7.02. The van der Waals surface area contributed by atoms with Crippen molar-refractivity contribution >= 4 is 52.2 Å². The van der Waals surface area contributed by atoms with Crippen LogP contribution in [0.25, 0.3) is 5.69 Å². The largest absolute Gasteiger partial charge is 0.493 e. The van der Waals surface area contributed by atoms with Crippen LogP contribution >= 0.6 is 34.7 Å². The van der Waals surface area contributed by atoms with Gasteiger partial charge in [-0.15, -0.1) is 21.5 Å². The molecule has 0 saturated carbocycles. The standard InChI is InChI=1S/C33H28ClFN6O4S2/c1-44-27-12-5-11-24(31(27)45-2)26-17-25(28-13-6-14-46-28)39-41(26)30(42)19-47-33-38-37-29(40(33)23-10-4-8-21(34)16-23)18-36-32(43)20-7-3-9-22(35)15-20/h3-16,26H,17-19H2,1-2H3,(H,36,43)/t26-/m1/s1. The number of ether oxygens (including phenoxy) is 2. The number of thiophene rings is 1. The number of para-hydroxylation sites is 1. The molecular formula is C33H28ClFN6O4S2. The van der Waals surface area contributed by atoms with Crippen LogP contribution in [0.1, 0.15) is 39.1 Å². The summed E-state index contributed by atoms with van der Waals surface area (Å²) < 4.78 is 26.7. The minimum Gasteiger partial charge on any atom is -0.493 e. The minimum absolute atomic E-state index is 0.0122. The molecule has 0 bridgehead atoms. The van der Waals surface area contributed by atoms with E-state index in [2.05, 4.69) is 15.5 Å². The Bertz CT molecular complexity index is 1950. The van der Waals surface area contributed by atoms with E-state index >= 15 is 0 Å².